The van der Waals surface area contributed by atoms with Crippen LogP contribution in [0.3, 0.4) is 0 Å². The van der Waals surface area contributed by atoms with Gasteiger partial charge in [0.1, 0.15) is 5.75 Å². The monoisotopic (exact) mass is 435 g/mol. The van der Waals surface area contributed by atoms with Gasteiger partial charge in [-0.25, -0.2) is 0 Å². The average Bonchev–Trinajstić information content (AvgIpc) is 2.72. The SMILES string of the molecule is COC(=O)Cc1cc(Cl)c(Cc2ccc(O)c(C(=O)N3CCCCC3)c2)c(Cl)c1. The summed E-state index contributed by atoms with van der Waals surface area (Å²) >= 11 is 12.8. The van der Waals surface area contributed by atoms with Crippen LogP contribution >= 0.6 is 23.2 Å². The number of phenolic OH excluding ortho intramolecular Hbond substituents is 1. The van der Waals surface area contributed by atoms with Crippen molar-refractivity contribution in [3.63, 3.8) is 0 Å². The number of likely N-dealkylation sites (tertiary alicyclic amines) is 1. The van der Waals surface area contributed by atoms with Gasteiger partial charge in [-0.05, 0) is 60.2 Å². The molecule has 0 spiro atoms. The van der Waals surface area contributed by atoms with Gasteiger partial charge < -0.3 is 14.7 Å². The highest BCUT2D eigenvalue weighted by Gasteiger charge is 2.21. The number of hydrogen-bond donors (Lipinski definition) is 1. The molecule has 7 heteroatoms. The lowest BCUT2D eigenvalue weighted by molar-refractivity contribution is -0.139. The summed E-state index contributed by atoms with van der Waals surface area (Å²) < 4.78 is 4.67. The van der Waals surface area contributed by atoms with Crippen LogP contribution in [0.5, 0.6) is 5.75 Å². The summed E-state index contributed by atoms with van der Waals surface area (Å²) in [5, 5.41) is 11.1. The van der Waals surface area contributed by atoms with E-state index >= 15 is 0 Å². The fourth-order valence-corrected chi connectivity index (χ4v) is 4.17. The molecular formula is C22H23Cl2NO4. The summed E-state index contributed by atoms with van der Waals surface area (Å²) in [5.74, 6) is -0.561. The molecule has 154 valence electrons. The Morgan fingerprint density at radius 1 is 1.03 bits per heavy atom. The van der Waals surface area contributed by atoms with E-state index in [-0.39, 0.29) is 24.0 Å². The molecule has 0 atom stereocenters. The Hall–Kier alpha value is -2.24. The number of piperidine rings is 1. The second-order valence-electron chi connectivity index (χ2n) is 7.17. The van der Waals surface area contributed by atoms with Crippen molar-refractivity contribution >= 4 is 35.1 Å². The first kappa shape index (κ1) is 21.5. The quantitative estimate of drug-likeness (QED) is 0.694. The van der Waals surface area contributed by atoms with E-state index in [0.717, 1.165) is 24.8 Å². The van der Waals surface area contributed by atoms with Crippen molar-refractivity contribution in [3.8, 4) is 5.75 Å². The molecule has 1 amide bonds. The summed E-state index contributed by atoms with van der Waals surface area (Å²) in [5.41, 5.74) is 2.47. The first-order chi connectivity index (χ1) is 13.9. The molecule has 1 aliphatic heterocycles. The number of rotatable bonds is 5. The van der Waals surface area contributed by atoms with E-state index < -0.39 is 0 Å². The van der Waals surface area contributed by atoms with Crippen LogP contribution in [-0.2, 0) is 22.4 Å². The van der Waals surface area contributed by atoms with Gasteiger partial charge in [0.25, 0.3) is 5.91 Å². The van der Waals surface area contributed by atoms with Gasteiger partial charge in [-0.3, -0.25) is 9.59 Å². The number of amides is 1. The Kier molecular flexibility index (Phi) is 7.04. The van der Waals surface area contributed by atoms with E-state index in [9.17, 15) is 14.7 Å². The third-order valence-electron chi connectivity index (χ3n) is 5.09. The smallest absolute Gasteiger partial charge is 0.309 e. The van der Waals surface area contributed by atoms with Gasteiger partial charge in [-0.1, -0.05) is 29.3 Å². The van der Waals surface area contributed by atoms with Gasteiger partial charge in [-0.15, -0.1) is 0 Å². The topological polar surface area (TPSA) is 66.8 Å². The number of halogens is 2. The standard InChI is InChI=1S/C22H23Cl2NO4/c1-29-21(27)13-15-11-18(23)16(19(24)12-15)9-14-5-6-20(26)17(10-14)22(28)25-7-3-2-4-8-25/h5-6,10-12,26H,2-4,7-9,13H2,1H3. The lowest BCUT2D eigenvalue weighted by Crippen LogP contribution is -2.35. The van der Waals surface area contributed by atoms with E-state index in [1.165, 1.54) is 13.2 Å². The lowest BCUT2D eigenvalue weighted by atomic mass is 9.99. The second kappa shape index (κ2) is 9.51. The van der Waals surface area contributed by atoms with Crippen molar-refractivity contribution in [2.45, 2.75) is 32.1 Å². The molecule has 29 heavy (non-hydrogen) atoms. The van der Waals surface area contributed by atoms with Crippen molar-refractivity contribution in [2.24, 2.45) is 0 Å². The Morgan fingerprint density at radius 3 is 2.31 bits per heavy atom. The van der Waals surface area contributed by atoms with Gasteiger partial charge >= 0.3 is 5.97 Å². The third kappa shape index (κ3) is 5.22. The van der Waals surface area contributed by atoms with Crippen LogP contribution in [0.25, 0.3) is 0 Å². The zero-order chi connectivity index (χ0) is 21.0. The Bertz CT molecular complexity index is 900. The maximum Gasteiger partial charge on any atom is 0.309 e. The average molecular weight is 436 g/mol. The van der Waals surface area contributed by atoms with Crippen LogP contribution in [-0.4, -0.2) is 42.1 Å². The largest absolute Gasteiger partial charge is 0.507 e. The van der Waals surface area contributed by atoms with Crippen molar-refractivity contribution in [1.82, 2.24) is 4.90 Å². The van der Waals surface area contributed by atoms with E-state index in [1.807, 2.05) is 0 Å². The molecular weight excluding hydrogens is 413 g/mol. The fraction of sp³-hybridized carbons (Fsp3) is 0.364. The second-order valence-corrected chi connectivity index (χ2v) is 7.99. The minimum absolute atomic E-state index is 0.0325. The molecule has 1 aliphatic rings. The highest BCUT2D eigenvalue weighted by Crippen LogP contribution is 2.31. The van der Waals surface area contributed by atoms with Crippen LogP contribution < -0.4 is 0 Å². The number of esters is 1. The van der Waals surface area contributed by atoms with Crippen LogP contribution in [0.2, 0.25) is 10.0 Å². The number of benzene rings is 2. The zero-order valence-corrected chi connectivity index (χ0v) is 17.7. The predicted octanol–water partition coefficient (Wildman–Crippen LogP) is 4.63. The summed E-state index contributed by atoms with van der Waals surface area (Å²) in [4.78, 5) is 26.1. The molecule has 0 aromatic heterocycles. The number of phenols is 1. The minimum Gasteiger partial charge on any atom is -0.507 e. The predicted molar refractivity (Wildman–Crippen MR) is 113 cm³/mol. The molecule has 0 radical (unpaired) electrons. The lowest BCUT2D eigenvalue weighted by Gasteiger charge is -2.27. The van der Waals surface area contributed by atoms with Gasteiger partial charge in [0.2, 0.25) is 0 Å². The van der Waals surface area contributed by atoms with Crippen LogP contribution in [0.4, 0.5) is 0 Å². The highest BCUT2D eigenvalue weighted by atomic mass is 35.5. The number of carbonyl (C=O) groups excluding carboxylic acids is 2. The molecule has 2 aromatic carbocycles. The Morgan fingerprint density at radius 2 is 1.69 bits per heavy atom. The molecule has 1 heterocycles. The normalized spacial score (nSPS) is 14.0. The van der Waals surface area contributed by atoms with Crippen LogP contribution in [0.15, 0.2) is 30.3 Å². The zero-order valence-electron chi connectivity index (χ0n) is 16.2. The maximum absolute atomic E-state index is 12.8. The van der Waals surface area contributed by atoms with E-state index in [4.69, 9.17) is 23.2 Å². The highest BCUT2D eigenvalue weighted by molar-refractivity contribution is 6.36. The number of nitrogens with zero attached hydrogens (tertiary/aromatic N) is 1. The molecule has 1 saturated heterocycles. The molecule has 0 unspecified atom stereocenters. The third-order valence-corrected chi connectivity index (χ3v) is 5.77. The number of aromatic hydroxyl groups is 1. The van der Waals surface area contributed by atoms with E-state index in [1.54, 1.807) is 29.2 Å². The van der Waals surface area contributed by atoms with E-state index in [0.29, 0.717) is 46.2 Å². The summed E-state index contributed by atoms with van der Waals surface area (Å²) in [6, 6.07) is 8.36. The molecule has 5 nitrogen and oxygen atoms in total. The fourth-order valence-electron chi connectivity index (χ4n) is 3.50. The van der Waals surface area contributed by atoms with Gasteiger partial charge in [0, 0.05) is 29.6 Å². The van der Waals surface area contributed by atoms with Gasteiger partial charge in [0.15, 0.2) is 0 Å². The molecule has 1 fully saturated rings. The maximum atomic E-state index is 12.8. The van der Waals surface area contributed by atoms with Gasteiger partial charge in [-0.2, -0.15) is 0 Å². The van der Waals surface area contributed by atoms with Crippen molar-refractivity contribution in [1.29, 1.82) is 0 Å². The van der Waals surface area contributed by atoms with E-state index in [2.05, 4.69) is 4.74 Å². The van der Waals surface area contributed by atoms with Crippen LogP contribution in [0.1, 0.15) is 46.3 Å². The molecule has 0 saturated carbocycles. The summed E-state index contributed by atoms with van der Waals surface area (Å²) in [7, 11) is 1.33. The van der Waals surface area contributed by atoms with Crippen molar-refractivity contribution < 1.29 is 19.4 Å². The molecule has 2 aromatic rings. The number of ether oxygens (including phenoxy) is 1. The Labute approximate surface area is 180 Å². The van der Waals surface area contributed by atoms with Crippen molar-refractivity contribution in [2.75, 3.05) is 20.2 Å². The number of hydrogen-bond acceptors (Lipinski definition) is 4. The first-order valence-corrected chi connectivity index (χ1v) is 10.3. The summed E-state index contributed by atoms with van der Waals surface area (Å²) in [6.07, 6.45) is 3.57. The molecule has 0 bridgehead atoms. The summed E-state index contributed by atoms with van der Waals surface area (Å²) in [6.45, 7) is 1.42. The van der Waals surface area contributed by atoms with Crippen molar-refractivity contribution in [3.05, 3.63) is 62.6 Å². The Balaban J connectivity index is 1.83. The molecule has 0 aliphatic carbocycles. The molecule has 3 rings (SSSR count). The van der Waals surface area contributed by atoms with Crippen LogP contribution in [0, 0.1) is 0 Å². The molecule has 1 N–H and O–H groups in total. The van der Waals surface area contributed by atoms with Gasteiger partial charge in [0.05, 0.1) is 19.1 Å². The number of carbonyl (C=O) groups is 2. The first-order valence-electron chi connectivity index (χ1n) is 9.54. The minimum atomic E-state index is -0.371. The number of methoxy groups -OCH3 is 1.